The average molecular weight is 389 g/mol. The third kappa shape index (κ3) is 4.05. The first-order valence-corrected chi connectivity index (χ1v) is 9.56. The van der Waals surface area contributed by atoms with Crippen molar-refractivity contribution in [3.8, 4) is 0 Å². The zero-order valence-electron chi connectivity index (χ0n) is 16.5. The number of nitrogens with zero attached hydrogens (tertiary/aromatic N) is 2. The van der Waals surface area contributed by atoms with Crippen LogP contribution in [0.5, 0.6) is 0 Å². The highest BCUT2D eigenvalue weighted by Crippen LogP contribution is 2.32. The lowest BCUT2D eigenvalue weighted by Gasteiger charge is -2.11. The Bertz CT molecular complexity index is 1160. The van der Waals surface area contributed by atoms with Gasteiger partial charge in [0.1, 0.15) is 5.82 Å². The molecule has 7 nitrogen and oxygen atoms in total. The minimum absolute atomic E-state index is 0.203. The fourth-order valence-electron chi connectivity index (χ4n) is 3.38. The van der Waals surface area contributed by atoms with Gasteiger partial charge in [0.2, 0.25) is 0 Å². The maximum Gasteiger partial charge on any atom is 0.259 e. The SMILES string of the molecule is CN(C)CCCNc1ccc2c(=O)[nH]c(/C=C3\C(=O)Nc4ccccc43)nc2c1. The van der Waals surface area contributed by atoms with Gasteiger partial charge in [-0.3, -0.25) is 9.59 Å². The summed E-state index contributed by atoms with van der Waals surface area (Å²) in [6.07, 6.45) is 2.64. The number of aromatic nitrogens is 2. The Morgan fingerprint density at radius 2 is 1.97 bits per heavy atom. The molecule has 0 aliphatic carbocycles. The highest BCUT2D eigenvalue weighted by atomic mass is 16.2. The summed E-state index contributed by atoms with van der Waals surface area (Å²) in [5, 5.41) is 6.71. The van der Waals surface area contributed by atoms with Crippen molar-refractivity contribution in [1.29, 1.82) is 0 Å². The number of hydrogen-bond acceptors (Lipinski definition) is 5. The standard InChI is InChI=1S/C22H23N5O2/c1-27(2)11-5-10-23-14-8-9-16-19(12-14)24-20(26-21(16)28)13-17-15-6-3-4-7-18(15)25-22(17)29/h3-4,6-9,12-13,23H,5,10-11H2,1-2H3,(H,25,29)(H,24,26,28)/b17-13-. The summed E-state index contributed by atoms with van der Waals surface area (Å²) in [4.78, 5) is 34.3. The second kappa shape index (κ2) is 7.89. The highest BCUT2D eigenvalue weighted by molar-refractivity contribution is 6.34. The predicted octanol–water partition coefficient (Wildman–Crippen LogP) is 2.78. The molecule has 0 atom stereocenters. The zero-order valence-corrected chi connectivity index (χ0v) is 16.5. The van der Waals surface area contributed by atoms with Gasteiger partial charge in [0.05, 0.1) is 16.5 Å². The van der Waals surface area contributed by atoms with Crippen LogP contribution >= 0.6 is 0 Å². The minimum atomic E-state index is -0.229. The molecule has 7 heteroatoms. The van der Waals surface area contributed by atoms with Gasteiger partial charge in [-0.15, -0.1) is 0 Å². The van der Waals surface area contributed by atoms with E-state index in [1.807, 2.05) is 50.5 Å². The van der Waals surface area contributed by atoms with E-state index in [0.717, 1.165) is 36.4 Å². The van der Waals surface area contributed by atoms with Crippen LogP contribution in [-0.2, 0) is 4.79 Å². The third-order valence-corrected chi connectivity index (χ3v) is 4.83. The van der Waals surface area contributed by atoms with Crippen LogP contribution in [0.3, 0.4) is 0 Å². The Balaban J connectivity index is 1.64. The van der Waals surface area contributed by atoms with Crippen molar-refractivity contribution in [2.45, 2.75) is 6.42 Å². The molecule has 1 aliphatic rings. The Labute approximate surface area is 168 Å². The summed E-state index contributed by atoms with van der Waals surface area (Å²) < 4.78 is 0. The quantitative estimate of drug-likeness (QED) is 0.446. The van der Waals surface area contributed by atoms with Crippen molar-refractivity contribution in [3.05, 3.63) is 64.2 Å². The summed E-state index contributed by atoms with van der Waals surface area (Å²) in [6.45, 7) is 1.83. The number of fused-ring (bicyclic) bond motifs is 2. The molecule has 2 heterocycles. The van der Waals surface area contributed by atoms with Crippen molar-refractivity contribution in [2.24, 2.45) is 0 Å². The maximum atomic E-state index is 12.5. The van der Waals surface area contributed by atoms with Gasteiger partial charge in [-0.05, 0) is 57.4 Å². The van der Waals surface area contributed by atoms with Crippen molar-refractivity contribution in [1.82, 2.24) is 14.9 Å². The van der Waals surface area contributed by atoms with Crippen molar-refractivity contribution in [2.75, 3.05) is 37.8 Å². The second-order valence-corrected chi connectivity index (χ2v) is 7.32. The maximum absolute atomic E-state index is 12.5. The molecule has 1 aliphatic heterocycles. The van der Waals surface area contributed by atoms with Crippen molar-refractivity contribution in [3.63, 3.8) is 0 Å². The number of carbonyl (C=O) groups excluding carboxylic acids is 1. The molecule has 4 rings (SSSR count). The minimum Gasteiger partial charge on any atom is -0.385 e. The first-order chi connectivity index (χ1) is 14.0. The van der Waals surface area contributed by atoms with Crippen molar-refractivity contribution < 1.29 is 4.79 Å². The Kier molecular flexibility index (Phi) is 5.14. The lowest BCUT2D eigenvalue weighted by atomic mass is 10.1. The largest absolute Gasteiger partial charge is 0.385 e. The van der Waals surface area contributed by atoms with Gasteiger partial charge in [0.15, 0.2) is 0 Å². The Morgan fingerprint density at radius 3 is 2.79 bits per heavy atom. The fourth-order valence-corrected chi connectivity index (χ4v) is 3.38. The smallest absolute Gasteiger partial charge is 0.259 e. The Hall–Kier alpha value is -3.45. The van der Waals surface area contributed by atoms with E-state index in [1.54, 1.807) is 12.1 Å². The van der Waals surface area contributed by atoms with E-state index >= 15 is 0 Å². The Morgan fingerprint density at radius 1 is 1.14 bits per heavy atom. The number of amides is 1. The van der Waals surface area contributed by atoms with E-state index in [4.69, 9.17) is 0 Å². The van der Waals surface area contributed by atoms with Crippen LogP contribution < -0.4 is 16.2 Å². The monoisotopic (exact) mass is 389 g/mol. The number of rotatable bonds is 6. The number of carbonyl (C=O) groups is 1. The molecule has 1 amide bonds. The van der Waals surface area contributed by atoms with E-state index in [9.17, 15) is 9.59 Å². The van der Waals surface area contributed by atoms with E-state index < -0.39 is 0 Å². The van der Waals surface area contributed by atoms with Gasteiger partial charge in [0, 0.05) is 23.5 Å². The van der Waals surface area contributed by atoms with Gasteiger partial charge in [-0.2, -0.15) is 0 Å². The number of hydrogen-bond donors (Lipinski definition) is 3. The van der Waals surface area contributed by atoms with E-state index in [2.05, 4.69) is 25.5 Å². The van der Waals surface area contributed by atoms with Crippen LogP contribution in [0, 0.1) is 0 Å². The zero-order chi connectivity index (χ0) is 20.4. The van der Waals surface area contributed by atoms with Gasteiger partial charge >= 0.3 is 0 Å². The van der Waals surface area contributed by atoms with Gasteiger partial charge < -0.3 is 20.5 Å². The highest BCUT2D eigenvalue weighted by Gasteiger charge is 2.23. The molecule has 29 heavy (non-hydrogen) atoms. The molecular formula is C22H23N5O2. The summed E-state index contributed by atoms with van der Waals surface area (Å²) >= 11 is 0. The van der Waals surface area contributed by atoms with E-state index in [1.165, 1.54) is 0 Å². The van der Waals surface area contributed by atoms with Gasteiger partial charge in [-0.1, -0.05) is 18.2 Å². The average Bonchev–Trinajstić information content (AvgIpc) is 3.00. The first-order valence-electron chi connectivity index (χ1n) is 9.56. The molecule has 0 radical (unpaired) electrons. The molecule has 2 aromatic carbocycles. The van der Waals surface area contributed by atoms with Crippen LogP contribution in [0.4, 0.5) is 11.4 Å². The van der Waals surface area contributed by atoms with E-state index in [0.29, 0.717) is 22.3 Å². The van der Waals surface area contributed by atoms with Crippen LogP contribution in [-0.4, -0.2) is 48.0 Å². The number of para-hydroxylation sites is 1. The molecular weight excluding hydrogens is 366 g/mol. The lowest BCUT2D eigenvalue weighted by Crippen LogP contribution is -2.16. The summed E-state index contributed by atoms with van der Waals surface area (Å²) in [5.41, 5.74) is 3.32. The first kappa shape index (κ1) is 18.9. The molecule has 0 saturated carbocycles. The number of aromatic amines is 1. The molecule has 148 valence electrons. The number of benzene rings is 2. The molecule has 0 unspecified atom stereocenters. The molecule has 3 aromatic rings. The van der Waals surface area contributed by atoms with Crippen LogP contribution in [0.15, 0.2) is 47.3 Å². The van der Waals surface area contributed by atoms with Crippen molar-refractivity contribution >= 4 is 39.8 Å². The molecule has 0 bridgehead atoms. The normalized spacial score (nSPS) is 14.4. The molecule has 0 saturated heterocycles. The number of nitrogens with one attached hydrogen (secondary N) is 3. The molecule has 1 aromatic heterocycles. The molecule has 3 N–H and O–H groups in total. The number of anilines is 2. The summed E-state index contributed by atoms with van der Waals surface area (Å²) in [5.74, 6) is 0.152. The predicted molar refractivity (Wildman–Crippen MR) is 117 cm³/mol. The number of H-pyrrole nitrogens is 1. The van der Waals surface area contributed by atoms with E-state index in [-0.39, 0.29) is 11.5 Å². The van der Waals surface area contributed by atoms with Gasteiger partial charge in [0.25, 0.3) is 11.5 Å². The molecule has 0 spiro atoms. The fraction of sp³-hybridized carbons (Fsp3) is 0.227. The third-order valence-electron chi connectivity index (χ3n) is 4.83. The summed E-state index contributed by atoms with van der Waals surface area (Å²) in [7, 11) is 4.09. The topological polar surface area (TPSA) is 90.1 Å². The van der Waals surface area contributed by atoms with Crippen LogP contribution in [0.1, 0.15) is 17.8 Å². The second-order valence-electron chi connectivity index (χ2n) is 7.32. The van der Waals surface area contributed by atoms with Gasteiger partial charge in [-0.25, -0.2) is 4.98 Å². The van der Waals surface area contributed by atoms with Crippen LogP contribution in [0.2, 0.25) is 0 Å². The summed E-state index contributed by atoms with van der Waals surface area (Å²) in [6, 6.07) is 13.0. The molecule has 0 fully saturated rings. The van der Waals surface area contributed by atoms with Crippen LogP contribution in [0.25, 0.3) is 22.6 Å². The lowest BCUT2D eigenvalue weighted by molar-refractivity contribution is -0.110.